The van der Waals surface area contributed by atoms with Crippen molar-refractivity contribution in [3.8, 4) is 11.1 Å². The normalized spacial score (nSPS) is 11.0. The van der Waals surface area contributed by atoms with Crippen LogP contribution in [0.15, 0.2) is 54.0 Å². The average Bonchev–Trinajstić information content (AvgIpc) is 3.17. The molecule has 0 spiro atoms. The number of hydrogen-bond donors (Lipinski definition) is 1. The van der Waals surface area contributed by atoms with Crippen molar-refractivity contribution in [3.05, 3.63) is 65.4 Å². The molecule has 7 heteroatoms. The first kappa shape index (κ1) is 19.3. The lowest BCUT2D eigenvalue weighted by Gasteiger charge is -2.17. The van der Waals surface area contributed by atoms with Gasteiger partial charge in [-0.15, -0.1) is 11.3 Å². The number of rotatable bonds is 7. The minimum absolute atomic E-state index is 0.374. The molecule has 0 saturated heterocycles. The van der Waals surface area contributed by atoms with Crippen LogP contribution in [-0.2, 0) is 17.9 Å². The number of thiophene rings is 1. The molecule has 1 aromatic carbocycles. The predicted octanol–water partition coefficient (Wildman–Crippen LogP) is 4.58. The second-order valence-electron chi connectivity index (χ2n) is 6.85. The fourth-order valence-corrected chi connectivity index (χ4v) is 4.25. The van der Waals surface area contributed by atoms with E-state index in [0.717, 1.165) is 38.5 Å². The largest absolute Gasteiger partial charge is 0.377 e. The van der Waals surface area contributed by atoms with Gasteiger partial charge in [0.15, 0.2) is 5.82 Å². The number of methoxy groups -OCH3 is 1. The van der Waals surface area contributed by atoms with E-state index in [2.05, 4.69) is 33.9 Å². The zero-order valence-corrected chi connectivity index (χ0v) is 17.5. The first-order valence-corrected chi connectivity index (χ1v) is 10.2. The standard InChI is InChI=1S/C22H23N5OS/c1-27(2)21-16(10-7-11-23-21)12-24-20-19-17(15-8-5-4-6-9-15)14-29-22(19)26-18(25-20)13-28-3/h4-11,14H,12-13H2,1-3H3,(H,24,25,26). The number of anilines is 2. The van der Waals surface area contributed by atoms with Crippen molar-refractivity contribution in [1.29, 1.82) is 0 Å². The summed E-state index contributed by atoms with van der Waals surface area (Å²) in [6.07, 6.45) is 1.81. The van der Waals surface area contributed by atoms with Gasteiger partial charge in [0.2, 0.25) is 0 Å². The Hall–Kier alpha value is -3.03. The summed E-state index contributed by atoms with van der Waals surface area (Å²) in [4.78, 5) is 16.9. The lowest BCUT2D eigenvalue weighted by atomic mass is 10.1. The van der Waals surface area contributed by atoms with Crippen molar-refractivity contribution in [2.24, 2.45) is 0 Å². The molecule has 0 aliphatic rings. The molecule has 0 amide bonds. The molecular formula is C22H23N5OS. The maximum atomic E-state index is 5.27. The highest BCUT2D eigenvalue weighted by Crippen LogP contribution is 2.37. The molecule has 0 aliphatic heterocycles. The van der Waals surface area contributed by atoms with E-state index in [9.17, 15) is 0 Å². The summed E-state index contributed by atoms with van der Waals surface area (Å²) in [5.41, 5.74) is 3.39. The van der Waals surface area contributed by atoms with Crippen molar-refractivity contribution >= 4 is 33.2 Å². The Morgan fingerprint density at radius 1 is 1.07 bits per heavy atom. The van der Waals surface area contributed by atoms with Gasteiger partial charge in [-0.2, -0.15) is 0 Å². The quantitative estimate of drug-likeness (QED) is 0.486. The molecule has 4 aromatic rings. The summed E-state index contributed by atoms with van der Waals surface area (Å²) in [7, 11) is 5.65. The summed E-state index contributed by atoms with van der Waals surface area (Å²) in [6.45, 7) is 0.989. The van der Waals surface area contributed by atoms with Crippen molar-refractivity contribution in [2.75, 3.05) is 31.4 Å². The number of pyridine rings is 1. The first-order chi connectivity index (χ1) is 14.2. The Labute approximate surface area is 174 Å². The molecule has 0 saturated carbocycles. The van der Waals surface area contributed by atoms with Crippen LogP contribution >= 0.6 is 11.3 Å². The van der Waals surface area contributed by atoms with E-state index in [1.807, 2.05) is 49.5 Å². The van der Waals surface area contributed by atoms with Crippen LogP contribution in [0.1, 0.15) is 11.4 Å². The highest BCUT2D eigenvalue weighted by atomic mass is 32.1. The molecule has 0 fully saturated rings. The molecule has 4 rings (SSSR count). The van der Waals surface area contributed by atoms with E-state index >= 15 is 0 Å². The van der Waals surface area contributed by atoms with E-state index in [1.54, 1.807) is 18.4 Å². The maximum Gasteiger partial charge on any atom is 0.158 e. The molecule has 3 aromatic heterocycles. The van der Waals surface area contributed by atoms with E-state index in [4.69, 9.17) is 14.7 Å². The third-order valence-electron chi connectivity index (χ3n) is 4.58. The number of nitrogens with zero attached hydrogens (tertiary/aromatic N) is 4. The van der Waals surface area contributed by atoms with Gasteiger partial charge < -0.3 is 15.0 Å². The van der Waals surface area contributed by atoms with Crippen molar-refractivity contribution in [1.82, 2.24) is 15.0 Å². The number of fused-ring (bicyclic) bond motifs is 1. The highest BCUT2D eigenvalue weighted by Gasteiger charge is 2.16. The highest BCUT2D eigenvalue weighted by molar-refractivity contribution is 7.17. The van der Waals surface area contributed by atoms with E-state index in [1.165, 1.54) is 0 Å². The lowest BCUT2D eigenvalue weighted by Crippen LogP contribution is -2.15. The number of hydrogen-bond acceptors (Lipinski definition) is 7. The van der Waals surface area contributed by atoms with E-state index in [-0.39, 0.29) is 0 Å². The maximum absolute atomic E-state index is 5.27. The summed E-state index contributed by atoms with van der Waals surface area (Å²) in [5.74, 6) is 2.43. The van der Waals surface area contributed by atoms with E-state index in [0.29, 0.717) is 19.0 Å². The molecule has 0 atom stereocenters. The molecular weight excluding hydrogens is 382 g/mol. The number of nitrogens with one attached hydrogen (secondary N) is 1. The SMILES string of the molecule is COCc1nc(NCc2cccnc2N(C)C)c2c(-c3ccccc3)csc2n1. The summed E-state index contributed by atoms with van der Waals surface area (Å²) in [5, 5.41) is 6.71. The van der Waals surface area contributed by atoms with Gasteiger partial charge in [0.1, 0.15) is 23.1 Å². The van der Waals surface area contributed by atoms with Crippen molar-refractivity contribution in [3.63, 3.8) is 0 Å². The topological polar surface area (TPSA) is 63.2 Å². The third kappa shape index (κ3) is 4.06. The van der Waals surface area contributed by atoms with Gasteiger partial charge in [-0.05, 0) is 11.6 Å². The number of benzene rings is 1. The van der Waals surface area contributed by atoms with Crippen LogP contribution in [0.5, 0.6) is 0 Å². The third-order valence-corrected chi connectivity index (χ3v) is 5.45. The molecule has 148 valence electrons. The van der Waals surface area contributed by atoms with Gasteiger partial charge in [-0.1, -0.05) is 36.4 Å². The molecule has 1 N–H and O–H groups in total. The van der Waals surface area contributed by atoms with Crippen LogP contribution in [0.25, 0.3) is 21.3 Å². The molecule has 0 unspecified atom stereocenters. The fraction of sp³-hybridized carbons (Fsp3) is 0.227. The van der Waals surface area contributed by atoms with Gasteiger partial charge in [0.05, 0.1) is 5.39 Å². The van der Waals surface area contributed by atoms with Crippen LogP contribution in [-0.4, -0.2) is 36.2 Å². The van der Waals surface area contributed by atoms with Crippen LogP contribution in [0.2, 0.25) is 0 Å². The van der Waals surface area contributed by atoms with Crippen LogP contribution in [0.4, 0.5) is 11.6 Å². The van der Waals surface area contributed by atoms with Gasteiger partial charge in [0, 0.05) is 50.5 Å². The Morgan fingerprint density at radius 2 is 1.90 bits per heavy atom. The monoisotopic (exact) mass is 405 g/mol. The second kappa shape index (κ2) is 8.55. The molecule has 3 heterocycles. The van der Waals surface area contributed by atoms with Crippen LogP contribution in [0, 0.1) is 0 Å². The van der Waals surface area contributed by atoms with Crippen molar-refractivity contribution < 1.29 is 4.74 Å². The number of ether oxygens (including phenoxy) is 1. The molecule has 6 nitrogen and oxygen atoms in total. The summed E-state index contributed by atoms with van der Waals surface area (Å²) >= 11 is 1.63. The number of aromatic nitrogens is 3. The smallest absolute Gasteiger partial charge is 0.158 e. The molecule has 0 radical (unpaired) electrons. The molecule has 0 aliphatic carbocycles. The van der Waals surface area contributed by atoms with Crippen LogP contribution in [0.3, 0.4) is 0 Å². The van der Waals surface area contributed by atoms with Gasteiger partial charge in [-0.3, -0.25) is 0 Å². The van der Waals surface area contributed by atoms with Crippen molar-refractivity contribution in [2.45, 2.75) is 13.2 Å². The average molecular weight is 406 g/mol. The first-order valence-electron chi connectivity index (χ1n) is 9.35. The van der Waals surface area contributed by atoms with Gasteiger partial charge in [0.25, 0.3) is 0 Å². The molecule has 29 heavy (non-hydrogen) atoms. The Kier molecular flexibility index (Phi) is 5.69. The zero-order valence-electron chi connectivity index (χ0n) is 16.7. The minimum atomic E-state index is 0.374. The van der Waals surface area contributed by atoms with E-state index < -0.39 is 0 Å². The minimum Gasteiger partial charge on any atom is -0.377 e. The predicted molar refractivity (Wildman–Crippen MR) is 119 cm³/mol. The lowest BCUT2D eigenvalue weighted by molar-refractivity contribution is 0.178. The zero-order chi connectivity index (χ0) is 20.2. The van der Waals surface area contributed by atoms with Gasteiger partial charge >= 0.3 is 0 Å². The Bertz CT molecular complexity index is 1110. The summed E-state index contributed by atoms with van der Waals surface area (Å²) < 4.78 is 5.27. The molecule has 0 bridgehead atoms. The Morgan fingerprint density at radius 3 is 2.66 bits per heavy atom. The van der Waals surface area contributed by atoms with Crippen LogP contribution < -0.4 is 10.2 Å². The Balaban J connectivity index is 1.76. The second-order valence-corrected chi connectivity index (χ2v) is 7.71. The fourth-order valence-electron chi connectivity index (χ4n) is 3.29. The summed E-state index contributed by atoms with van der Waals surface area (Å²) in [6, 6.07) is 14.4. The van der Waals surface area contributed by atoms with Gasteiger partial charge in [-0.25, -0.2) is 15.0 Å².